The van der Waals surface area contributed by atoms with Gasteiger partial charge in [-0.3, -0.25) is 14.5 Å². The van der Waals surface area contributed by atoms with Crippen LogP contribution in [0.5, 0.6) is 5.75 Å². The molecule has 1 aliphatic rings. The lowest BCUT2D eigenvalue weighted by Gasteiger charge is -2.14. The highest BCUT2D eigenvalue weighted by molar-refractivity contribution is 6.21. The van der Waals surface area contributed by atoms with Gasteiger partial charge in [-0.15, -0.1) is 0 Å². The molecular formula is C18H18N2O3. The van der Waals surface area contributed by atoms with E-state index in [1.807, 2.05) is 18.2 Å². The zero-order valence-electron chi connectivity index (χ0n) is 12.7. The zero-order chi connectivity index (χ0) is 16.2. The van der Waals surface area contributed by atoms with Crippen LogP contribution >= 0.6 is 0 Å². The summed E-state index contributed by atoms with van der Waals surface area (Å²) < 4.78 is 5.60. The fourth-order valence-corrected chi connectivity index (χ4v) is 2.61. The molecule has 2 aromatic rings. The van der Waals surface area contributed by atoms with Crippen LogP contribution in [-0.4, -0.2) is 29.9 Å². The zero-order valence-corrected chi connectivity index (χ0v) is 12.7. The lowest BCUT2D eigenvalue weighted by molar-refractivity contribution is 0.0649. The highest BCUT2D eigenvalue weighted by atomic mass is 16.5. The Hall–Kier alpha value is -2.82. The van der Waals surface area contributed by atoms with Crippen LogP contribution in [0.4, 0.5) is 5.69 Å². The Labute approximate surface area is 134 Å². The van der Waals surface area contributed by atoms with Gasteiger partial charge in [-0.2, -0.15) is 0 Å². The summed E-state index contributed by atoms with van der Waals surface area (Å²) in [5.74, 6) is 0.242. The van der Waals surface area contributed by atoms with E-state index in [2.05, 4.69) is 0 Å². The molecule has 0 bridgehead atoms. The van der Waals surface area contributed by atoms with Gasteiger partial charge in [-0.25, -0.2) is 0 Å². The minimum absolute atomic E-state index is 0.209. The Bertz CT molecular complexity index is 708. The normalized spacial score (nSPS) is 13.3. The highest BCUT2D eigenvalue weighted by Gasteiger charge is 2.34. The Morgan fingerprint density at radius 1 is 0.870 bits per heavy atom. The molecule has 0 spiro atoms. The topological polar surface area (TPSA) is 72.6 Å². The SMILES string of the molecule is Nc1ccccc1OCCCCN1C(=O)c2ccccc2C1=O. The lowest BCUT2D eigenvalue weighted by Crippen LogP contribution is -2.30. The molecule has 2 N–H and O–H groups in total. The van der Waals surface area contributed by atoms with E-state index in [9.17, 15) is 9.59 Å². The monoisotopic (exact) mass is 310 g/mol. The smallest absolute Gasteiger partial charge is 0.261 e. The molecule has 1 heterocycles. The Kier molecular flexibility index (Phi) is 4.28. The number of fused-ring (bicyclic) bond motifs is 1. The molecule has 0 saturated heterocycles. The molecule has 2 aromatic carbocycles. The molecule has 0 aromatic heterocycles. The van der Waals surface area contributed by atoms with Crippen molar-refractivity contribution >= 4 is 17.5 Å². The molecule has 5 nitrogen and oxygen atoms in total. The molecule has 118 valence electrons. The maximum atomic E-state index is 12.2. The standard InChI is InChI=1S/C18H18N2O3/c19-15-9-3-4-10-16(15)23-12-6-5-11-20-17(21)13-7-1-2-8-14(13)18(20)22/h1-4,7-10H,5-6,11-12,19H2. The number of nitrogens with two attached hydrogens (primary N) is 1. The van der Waals surface area contributed by atoms with Crippen molar-refractivity contribution in [1.82, 2.24) is 4.90 Å². The molecular weight excluding hydrogens is 292 g/mol. The van der Waals surface area contributed by atoms with Crippen molar-refractivity contribution in [2.24, 2.45) is 0 Å². The fourth-order valence-electron chi connectivity index (χ4n) is 2.61. The van der Waals surface area contributed by atoms with Gasteiger partial charge in [0.25, 0.3) is 11.8 Å². The molecule has 23 heavy (non-hydrogen) atoms. The fraction of sp³-hybridized carbons (Fsp3) is 0.222. The van der Waals surface area contributed by atoms with Crippen molar-refractivity contribution in [2.45, 2.75) is 12.8 Å². The van der Waals surface area contributed by atoms with E-state index < -0.39 is 0 Å². The number of carbonyl (C=O) groups excluding carboxylic acids is 2. The Morgan fingerprint density at radius 3 is 2.13 bits per heavy atom. The van der Waals surface area contributed by atoms with Gasteiger partial charge in [0.15, 0.2) is 0 Å². The second-order valence-corrected chi connectivity index (χ2v) is 5.40. The third kappa shape index (κ3) is 3.04. The molecule has 0 unspecified atom stereocenters. The predicted octanol–water partition coefficient (Wildman–Crippen LogP) is 2.72. The van der Waals surface area contributed by atoms with E-state index in [4.69, 9.17) is 10.5 Å². The summed E-state index contributed by atoms with van der Waals surface area (Å²) in [5, 5.41) is 0. The Morgan fingerprint density at radius 2 is 1.48 bits per heavy atom. The molecule has 0 saturated carbocycles. The minimum atomic E-state index is -0.209. The largest absolute Gasteiger partial charge is 0.491 e. The number of nitrogens with zero attached hydrogens (tertiary/aromatic N) is 1. The van der Waals surface area contributed by atoms with Gasteiger partial charge in [-0.05, 0) is 37.1 Å². The van der Waals surface area contributed by atoms with Gasteiger partial charge in [-0.1, -0.05) is 24.3 Å². The number of imide groups is 1. The Balaban J connectivity index is 1.48. The van der Waals surface area contributed by atoms with Crippen LogP contribution in [0, 0.1) is 0 Å². The molecule has 3 rings (SSSR count). The molecule has 0 aliphatic carbocycles. The number of benzene rings is 2. The average molecular weight is 310 g/mol. The first-order valence-corrected chi connectivity index (χ1v) is 7.61. The van der Waals surface area contributed by atoms with Crippen molar-refractivity contribution in [1.29, 1.82) is 0 Å². The molecule has 1 aliphatic heterocycles. The van der Waals surface area contributed by atoms with Gasteiger partial charge in [0.05, 0.1) is 23.4 Å². The maximum Gasteiger partial charge on any atom is 0.261 e. The first-order valence-electron chi connectivity index (χ1n) is 7.61. The van der Waals surface area contributed by atoms with Crippen LogP contribution in [0.1, 0.15) is 33.6 Å². The lowest BCUT2D eigenvalue weighted by atomic mass is 10.1. The van der Waals surface area contributed by atoms with Crippen molar-refractivity contribution in [3.05, 3.63) is 59.7 Å². The van der Waals surface area contributed by atoms with Crippen LogP contribution in [0.2, 0.25) is 0 Å². The number of unbranched alkanes of at least 4 members (excludes halogenated alkanes) is 1. The number of ether oxygens (including phenoxy) is 1. The van der Waals surface area contributed by atoms with Crippen LogP contribution in [0.15, 0.2) is 48.5 Å². The van der Waals surface area contributed by atoms with Crippen molar-refractivity contribution in [2.75, 3.05) is 18.9 Å². The van der Waals surface area contributed by atoms with Crippen LogP contribution in [0.3, 0.4) is 0 Å². The van der Waals surface area contributed by atoms with E-state index in [0.29, 0.717) is 42.1 Å². The molecule has 0 fully saturated rings. The number of hydrogen-bond donors (Lipinski definition) is 1. The average Bonchev–Trinajstić information content (AvgIpc) is 2.81. The summed E-state index contributed by atoms with van der Waals surface area (Å²) >= 11 is 0. The third-order valence-electron chi connectivity index (χ3n) is 3.83. The van der Waals surface area contributed by atoms with Gasteiger partial charge in [0.2, 0.25) is 0 Å². The van der Waals surface area contributed by atoms with E-state index in [1.54, 1.807) is 30.3 Å². The van der Waals surface area contributed by atoms with Crippen LogP contribution in [0.25, 0.3) is 0 Å². The summed E-state index contributed by atoms with van der Waals surface area (Å²) in [7, 11) is 0. The quantitative estimate of drug-likeness (QED) is 0.506. The number of nitrogen functional groups attached to an aromatic ring is 1. The summed E-state index contributed by atoms with van der Waals surface area (Å²) in [5.41, 5.74) is 7.38. The first kappa shape index (κ1) is 15.1. The van der Waals surface area contributed by atoms with Crippen molar-refractivity contribution in [3.63, 3.8) is 0 Å². The summed E-state index contributed by atoms with van der Waals surface area (Å²) in [6, 6.07) is 14.2. The number of rotatable bonds is 6. The number of anilines is 1. The summed E-state index contributed by atoms with van der Waals surface area (Å²) in [6.45, 7) is 0.900. The summed E-state index contributed by atoms with van der Waals surface area (Å²) in [4.78, 5) is 25.7. The summed E-state index contributed by atoms with van der Waals surface area (Å²) in [6.07, 6.45) is 1.43. The van der Waals surface area contributed by atoms with E-state index in [0.717, 1.165) is 6.42 Å². The van der Waals surface area contributed by atoms with E-state index in [-0.39, 0.29) is 11.8 Å². The highest BCUT2D eigenvalue weighted by Crippen LogP contribution is 2.23. The van der Waals surface area contributed by atoms with Crippen LogP contribution in [-0.2, 0) is 0 Å². The van der Waals surface area contributed by atoms with E-state index >= 15 is 0 Å². The number of carbonyl (C=O) groups is 2. The third-order valence-corrected chi connectivity index (χ3v) is 3.83. The van der Waals surface area contributed by atoms with Gasteiger partial charge in [0.1, 0.15) is 5.75 Å². The van der Waals surface area contributed by atoms with Crippen LogP contribution < -0.4 is 10.5 Å². The molecule has 2 amide bonds. The number of amides is 2. The second kappa shape index (κ2) is 6.52. The number of para-hydroxylation sites is 2. The maximum absolute atomic E-state index is 12.2. The van der Waals surface area contributed by atoms with Gasteiger partial charge in [0, 0.05) is 6.54 Å². The minimum Gasteiger partial charge on any atom is -0.491 e. The molecule has 5 heteroatoms. The van der Waals surface area contributed by atoms with Gasteiger partial charge < -0.3 is 10.5 Å². The van der Waals surface area contributed by atoms with E-state index in [1.165, 1.54) is 4.90 Å². The van der Waals surface area contributed by atoms with Crippen molar-refractivity contribution < 1.29 is 14.3 Å². The second-order valence-electron chi connectivity index (χ2n) is 5.40. The molecule has 0 atom stereocenters. The van der Waals surface area contributed by atoms with Gasteiger partial charge >= 0.3 is 0 Å². The first-order chi connectivity index (χ1) is 11.2. The predicted molar refractivity (Wildman–Crippen MR) is 87.4 cm³/mol. The molecule has 0 radical (unpaired) electrons. The number of hydrogen-bond acceptors (Lipinski definition) is 4. The van der Waals surface area contributed by atoms with Crippen molar-refractivity contribution in [3.8, 4) is 5.75 Å².